The van der Waals surface area contributed by atoms with Crippen LogP contribution < -0.4 is 4.43 Å². The number of hydrogen-bond donors (Lipinski definition) is 0. The maximum atomic E-state index is 11.8. The first-order chi connectivity index (χ1) is 9.58. The number of carbonyl (C=O) groups excluding carboxylic acids is 2. The van der Waals surface area contributed by atoms with E-state index in [1.54, 1.807) is 31.2 Å². The van der Waals surface area contributed by atoms with Gasteiger partial charge in [0.15, 0.2) is 0 Å². The monoisotopic (exact) mass is 308 g/mol. The predicted octanol–water partition coefficient (Wildman–Crippen LogP) is 3.82. The number of hydrogen-bond acceptors (Lipinski definition) is 4. The second-order valence-electron chi connectivity index (χ2n) is 6.44. The molecule has 0 aliphatic rings. The predicted molar refractivity (Wildman–Crippen MR) is 85.2 cm³/mol. The second-order valence-corrected chi connectivity index (χ2v) is 11.2. The molecular formula is C16H24O4Si. The topological polar surface area (TPSA) is 52.6 Å². The number of benzene rings is 1. The number of rotatable bonds is 5. The molecule has 0 amide bonds. The van der Waals surface area contributed by atoms with Gasteiger partial charge in [0.05, 0.1) is 6.61 Å². The lowest BCUT2D eigenvalue weighted by Crippen LogP contribution is -2.43. The minimum Gasteiger partial charge on any atom is -0.544 e. The Balaban J connectivity index is 2.84. The van der Waals surface area contributed by atoms with Crippen LogP contribution in [0.5, 0.6) is 5.75 Å². The molecule has 21 heavy (non-hydrogen) atoms. The van der Waals surface area contributed by atoms with Gasteiger partial charge in [-0.3, -0.25) is 4.79 Å². The van der Waals surface area contributed by atoms with Crippen LogP contribution >= 0.6 is 0 Å². The lowest BCUT2D eigenvalue weighted by molar-refractivity contribution is -0.137. The SMILES string of the molecule is CCOC(=O)C(=O)c1ccc(O[Si](C)(C)C(C)(C)C)cc1. The molecule has 1 aromatic rings. The van der Waals surface area contributed by atoms with Crippen molar-refractivity contribution in [2.24, 2.45) is 0 Å². The van der Waals surface area contributed by atoms with E-state index < -0.39 is 20.1 Å². The summed E-state index contributed by atoms with van der Waals surface area (Å²) < 4.78 is 10.8. The molecule has 0 fully saturated rings. The molecule has 116 valence electrons. The van der Waals surface area contributed by atoms with Gasteiger partial charge in [0.1, 0.15) is 5.75 Å². The minimum absolute atomic E-state index is 0.104. The van der Waals surface area contributed by atoms with Crippen molar-refractivity contribution in [2.45, 2.75) is 45.8 Å². The molecular weight excluding hydrogens is 284 g/mol. The number of esters is 1. The summed E-state index contributed by atoms with van der Waals surface area (Å²) in [6, 6.07) is 6.66. The van der Waals surface area contributed by atoms with Crippen molar-refractivity contribution in [2.75, 3.05) is 6.61 Å². The van der Waals surface area contributed by atoms with E-state index in [4.69, 9.17) is 9.16 Å². The summed E-state index contributed by atoms with van der Waals surface area (Å²) in [5.41, 5.74) is 0.316. The van der Waals surface area contributed by atoms with Crippen molar-refractivity contribution in [3.8, 4) is 5.75 Å². The number of ether oxygens (including phenoxy) is 1. The first-order valence-corrected chi connectivity index (χ1v) is 10.00. The van der Waals surface area contributed by atoms with Gasteiger partial charge in [-0.1, -0.05) is 20.8 Å². The van der Waals surface area contributed by atoms with E-state index in [1.165, 1.54) is 0 Å². The van der Waals surface area contributed by atoms with Crippen molar-refractivity contribution in [3.63, 3.8) is 0 Å². The number of carbonyl (C=O) groups is 2. The zero-order valence-electron chi connectivity index (χ0n) is 13.6. The number of ketones is 1. The van der Waals surface area contributed by atoms with E-state index in [1.807, 2.05) is 0 Å². The number of Topliss-reactive ketones (excluding diaryl/α,β-unsaturated/α-hetero) is 1. The van der Waals surface area contributed by atoms with Crippen molar-refractivity contribution in [1.82, 2.24) is 0 Å². The lowest BCUT2D eigenvalue weighted by atomic mass is 10.1. The Hall–Kier alpha value is -1.62. The van der Waals surface area contributed by atoms with Gasteiger partial charge in [0.2, 0.25) is 8.32 Å². The third-order valence-electron chi connectivity index (χ3n) is 3.76. The molecule has 1 rings (SSSR count). The molecule has 0 bridgehead atoms. The molecule has 1 aromatic carbocycles. The normalized spacial score (nSPS) is 11.9. The van der Waals surface area contributed by atoms with Crippen LogP contribution in [0.3, 0.4) is 0 Å². The molecule has 0 saturated carbocycles. The molecule has 4 nitrogen and oxygen atoms in total. The fraction of sp³-hybridized carbons (Fsp3) is 0.500. The molecule has 0 radical (unpaired) electrons. The van der Waals surface area contributed by atoms with E-state index in [0.29, 0.717) is 5.56 Å². The Kier molecular flexibility index (Phi) is 5.34. The summed E-state index contributed by atoms with van der Waals surface area (Å²) in [4.78, 5) is 23.2. The van der Waals surface area contributed by atoms with Crippen LogP contribution in [0, 0.1) is 0 Å². The maximum absolute atomic E-state index is 11.8. The average molecular weight is 308 g/mol. The first-order valence-electron chi connectivity index (χ1n) is 7.09. The van der Waals surface area contributed by atoms with E-state index in [2.05, 4.69) is 33.9 Å². The maximum Gasteiger partial charge on any atom is 0.379 e. The van der Waals surface area contributed by atoms with Gasteiger partial charge in [0.25, 0.3) is 5.78 Å². The smallest absolute Gasteiger partial charge is 0.379 e. The highest BCUT2D eigenvalue weighted by atomic mass is 28.4. The van der Waals surface area contributed by atoms with Gasteiger partial charge in [-0.2, -0.15) is 0 Å². The second kappa shape index (κ2) is 6.43. The van der Waals surface area contributed by atoms with E-state index in [-0.39, 0.29) is 11.6 Å². The summed E-state index contributed by atoms with van der Waals surface area (Å²) in [6.07, 6.45) is 0. The van der Waals surface area contributed by atoms with Crippen LogP contribution in [0.25, 0.3) is 0 Å². The van der Waals surface area contributed by atoms with E-state index in [0.717, 1.165) is 5.75 Å². The molecule has 0 aliphatic heterocycles. The van der Waals surface area contributed by atoms with E-state index >= 15 is 0 Å². The third-order valence-corrected chi connectivity index (χ3v) is 8.11. The largest absolute Gasteiger partial charge is 0.544 e. The summed E-state index contributed by atoms with van der Waals surface area (Å²) in [7, 11) is -1.90. The average Bonchev–Trinajstić information content (AvgIpc) is 2.37. The Morgan fingerprint density at radius 3 is 2.05 bits per heavy atom. The highest BCUT2D eigenvalue weighted by molar-refractivity contribution is 6.74. The quantitative estimate of drug-likeness (QED) is 0.359. The molecule has 5 heteroatoms. The van der Waals surface area contributed by atoms with Crippen LogP contribution in [0.2, 0.25) is 18.1 Å². The molecule has 0 unspecified atom stereocenters. The molecule has 0 aliphatic carbocycles. The zero-order chi connectivity index (χ0) is 16.3. The third kappa shape index (κ3) is 4.42. The Morgan fingerprint density at radius 1 is 1.10 bits per heavy atom. The fourth-order valence-electron chi connectivity index (χ4n) is 1.44. The Labute approximate surface area is 127 Å². The molecule has 0 heterocycles. The van der Waals surface area contributed by atoms with Crippen LogP contribution in [0.15, 0.2) is 24.3 Å². The molecule has 0 aromatic heterocycles. The van der Waals surface area contributed by atoms with Crippen molar-refractivity contribution < 1.29 is 18.8 Å². The van der Waals surface area contributed by atoms with Gasteiger partial charge in [-0.25, -0.2) is 4.79 Å². The van der Waals surface area contributed by atoms with Crippen LogP contribution in [0.4, 0.5) is 0 Å². The summed E-state index contributed by atoms with van der Waals surface area (Å²) in [6.45, 7) is 12.7. The van der Waals surface area contributed by atoms with Crippen molar-refractivity contribution in [1.29, 1.82) is 0 Å². The minimum atomic E-state index is -1.90. The standard InChI is InChI=1S/C16H24O4Si/c1-7-19-15(18)14(17)12-8-10-13(11-9-12)20-21(5,6)16(2,3)4/h8-11H,7H2,1-6H3. The zero-order valence-corrected chi connectivity index (χ0v) is 14.6. The molecule has 0 saturated heterocycles. The summed E-state index contributed by atoms with van der Waals surface area (Å²) >= 11 is 0. The Bertz CT molecular complexity index is 512. The molecule has 0 N–H and O–H groups in total. The highest BCUT2D eigenvalue weighted by Gasteiger charge is 2.38. The van der Waals surface area contributed by atoms with E-state index in [9.17, 15) is 9.59 Å². The van der Waals surface area contributed by atoms with Gasteiger partial charge in [0, 0.05) is 5.56 Å². The molecule has 0 atom stereocenters. The lowest BCUT2D eigenvalue weighted by Gasteiger charge is -2.36. The first kappa shape index (κ1) is 17.4. The van der Waals surface area contributed by atoms with Crippen LogP contribution in [-0.2, 0) is 9.53 Å². The van der Waals surface area contributed by atoms with Gasteiger partial charge in [-0.15, -0.1) is 0 Å². The summed E-state index contributed by atoms with van der Waals surface area (Å²) in [5.74, 6) is -0.728. The molecule has 0 spiro atoms. The fourth-order valence-corrected chi connectivity index (χ4v) is 2.47. The van der Waals surface area contributed by atoms with Crippen LogP contribution in [0.1, 0.15) is 38.1 Å². The highest BCUT2D eigenvalue weighted by Crippen LogP contribution is 2.37. The Morgan fingerprint density at radius 2 is 1.62 bits per heavy atom. The van der Waals surface area contributed by atoms with Gasteiger partial charge in [-0.05, 0) is 49.3 Å². The van der Waals surface area contributed by atoms with Crippen molar-refractivity contribution in [3.05, 3.63) is 29.8 Å². The van der Waals surface area contributed by atoms with Gasteiger partial charge >= 0.3 is 5.97 Å². The van der Waals surface area contributed by atoms with Crippen molar-refractivity contribution >= 4 is 20.1 Å². The van der Waals surface area contributed by atoms with Crippen LogP contribution in [-0.4, -0.2) is 26.7 Å². The van der Waals surface area contributed by atoms with Gasteiger partial charge < -0.3 is 9.16 Å². The summed E-state index contributed by atoms with van der Waals surface area (Å²) in [5, 5.41) is 0.104.